The van der Waals surface area contributed by atoms with Crippen LogP contribution >= 0.6 is 11.3 Å². The van der Waals surface area contributed by atoms with Gasteiger partial charge in [-0.1, -0.05) is 19.9 Å². The zero-order valence-electron chi connectivity index (χ0n) is 20.3. The summed E-state index contributed by atoms with van der Waals surface area (Å²) in [7, 11) is 0. The standard InChI is InChI=1S/C20H17N5OS.C6H16N2/c26-12-25-7-4-13(5-8-25)18-10-15-16(3-6-21-20(15)24-18)23-14-1-2-17-19(9-14)27-11-22-17;1-3-8(4-2)6-5-7/h1-4,6,9-12H,5,7-8H2,(H2,21,23,24);3-7H2,1-2H3. The number of H-pyrrole nitrogens is 1. The molecule has 35 heavy (non-hydrogen) atoms. The second-order valence-electron chi connectivity index (χ2n) is 8.36. The van der Waals surface area contributed by atoms with Gasteiger partial charge in [0.05, 0.1) is 21.4 Å². The highest BCUT2D eigenvalue weighted by molar-refractivity contribution is 7.16. The van der Waals surface area contributed by atoms with Crippen molar-refractivity contribution in [1.29, 1.82) is 0 Å². The maximum absolute atomic E-state index is 10.9. The van der Waals surface area contributed by atoms with E-state index in [1.807, 2.05) is 23.7 Å². The summed E-state index contributed by atoms with van der Waals surface area (Å²) >= 11 is 1.63. The molecule has 0 bridgehead atoms. The van der Waals surface area contributed by atoms with Crippen molar-refractivity contribution in [3.8, 4) is 0 Å². The topological polar surface area (TPSA) is 103 Å². The second-order valence-corrected chi connectivity index (χ2v) is 9.25. The fraction of sp³-hybridized carbons (Fsp3) is 0.346. The number of fused-ring (bicyclic) bond motifs is 2. The first-order valence-corrected chi connectivity index (χ1v) is 12.9. The fourth-order valence-corrected chi connectivity index (χ4v) is 4.86. The van der Waals surface area contributed by atoms with Gasteiger partial charge in [0.25, 0.3) is 0 Å². The van der Waals surface area contributed by atoms with Gasteiger partial charge in [0.1, 0.15) is 5.65 Å². The van der Waals surface area contributed by atoms with E-state index < -0.39 is 0 Å². The zero-order chi connectivity index (χ0) is 24.6. The number of carbonyl (C=O) groups excluding carboxylic acids is 1. The Balaban J connectivity index is 0.000000314. The Morgan fingerprint density at radius 1 is 1.23 bits per heavy atom. The van der Waals surface area contributed by atoms with E-state index in [1.165, 1.54) is 5.57 Å². The Kier molecular flexibility index (Phi) is 8.46. The van der Waals surface area contributed by atoms with Crippen molar-refractivity contribution in [2.45, 2.75) is 20.3 Å². The van der Waals surface area contributed by atoms with E-state index in [-0.39, 0.29) is 0 Å². The lowest BCUT2D eigenvalue weighted by molar-refractivity contribution is -0.117. The van der Waals surface area contributed by atoms with Gasteiger partial charge in [0.2, 0.25) is 6.41 Å². The molecule has 0 fully saturated rings. The number of pyridine rings is 1. The van der Waals surface area contributed by atoms with E-state index in [4.69, 9.17) is 5.73 Å². The van der Waals surface area contributed by atoms with Crippen LogP contribution in [0, 0.1) is 0 Å². The lowest BCUT2D eigenvalue weighted by Gasteiger charge is -2.21. The third-order valence-corrected chi connectivity index (χ3v) is 7.01. The van der Waals surface area contributed by atoms with Crippen LogP contribution in [0.5, 0.6) is 0 Å². The SMILES string of the molecule is CCN(CC)CCN.O=CN1CC=C(c2cc3c(Nc4ccc5ncsc5c4)ccnc3[nH]2)CC1. The molecular weight excluding hydrogens is 458 g/mol. The van der Waals surface area contributed by atoms with Crippen LogP contribution in [0.4, 0.5) is 11.4 Å². The summed E-state index contributed by atoms with van der Waals surface area (Å²) in [5.41, 5.74) is 13.4. The Morgan fingerprint density at radius 2 is 2.09 bits per heavy atom. The number of aromatic nitrogens is 3. The molecule has 0 saturated heterocycles. The number of nitrogens with two attached hydrogens (primary N) is 1. The molecule has 0 unspecified atom stereocenters. The van der Waals surface area contributed by atoms with Gasteiger partial charge in [-0.05, 0) is 55.4 Å². The van der Waals surface area contributed by atoms with E-state index in [0.717, 1.165) is 83.9 Å². The van der Waals surface area contributed by atoms with Gasteiger partial charge in [0.15, 0.2) is 0 Å². The molecule has 1 amide bonds. The lowest BCUT2D eigenvalue weighted by atomic mass is 10.1. The molecule has 0 aliphatic carbocycles. The monoisotopic (exact) mass is 491 g/mol. The van der Waals surface area contributed by atoms with Gasteiger partial charge >= 0.3 is 0 Å². The molecule has 0 saturated carbocycles. The van der Waals surface area contributed by atoms with Gasteiger partial charge in [-0.15, -0.1) is 11.3 Å². The molecule has 0 spiro atoms. The van der Waals surface area contributed by atoms with Crippen LogP contribution in [0.3, 0.4) is 0 Å². The smallest absolute Gasteiger partial charge is 0.209 e. The van der Waals surface area contributed by atoms with Crippen LogP contribution < -0.4 is 11.1 Å². The molecule has 4 heterocycles. The van der Waals surface area contributed by atoms with Gasteiger partial charge in [0, 0.05) is 49.1 Å². The predicted octanol–water partition coefficient (Wildman–Crippen LogP) is 4.45. The van der Waals surface area contributed by atoms with Gasteiger partial charge in [-0.25, -0.2) is 9.97 Å². The quantitative estimate of drug-likeness (QED) is 0.315. The number of aromatic amines is 1. The third-order valence-electron chi connectivity index (χ3n) is 6.22. The lowest BCUT2D eigenvalue weighted by Crippen LogP contribution is -2.28. The van der Waals surface area contributed by atoms with Crippen molar-refractivity contribution in [3.05, 3.63) is 53.8 Å². The first kappa shape index (κ1) is 24.8. The van der Waals surface area contributed by atoms with Crippen molar-refractivity contribution < 1.29 is 4.79 Å². The van der Waals surface area contributed by atoms with Crippen LogP contribution in [0.1, 0.15) is 26.0 Å². The summed E-state index contributed by atoms with van der Waals surface area (Å²) in [4.78, 5) is 27.2. The minimum Gasteiger partial charge on any atom is -0.355 e. The van der Waals surface area contributed by atoms with Gasteiger partial charge in [-0.2, -0.15) is 0 Å². The van der Waals surface area contributed by atoms with Crippen LogP contribution in [-0.2, 0) is 4.79 Å². The summed E-state index contributed by atoms with van der Waals surface area (Å²) in [6.45, 7) is 9.76. The number of likely N-dealkylation sites (N-methyl/N-ethyl adjacent to an activating group) is 1. The number of nitrogens with one attached hydrogen (secondary N) is 2. The number of thiazole rings is 1. The molecule has 3 aromatic heterocycles. The van der Waals surface area contributed by atoms with Crippen LogP contribution in [0.2, 0.25) is 0 Å². The summed E-state index contributed by atoms with van der Waals surface area (Å²) in [6, 6.07) is 10.3. The molecule has 1 aliphatic heterocycles. The third kappa shape index (κ3) is 6.05. The number of nitrogens with zero attached hydrogens (tertiary/aromatic N) is 4. The maximum atomic E-state index is 10.9. The van der Waals surface area contributed by atoms with E-state index in [1.54, 1.807) is 22.4 Å². The average molecular weight is 492 g/mol. The molecule has 184 valence electrons. The van der Waals surface area contributed by atoms with E-state index in [0.29, 0.717) is 6.54 Å². The zero-order valence-corrected chi connectivity index (χ0v) is 21.1. The minimum atomic E-state index is 0.654. The van der Waals surface area contributed by atoms with Crippen molar-refractivity contribution >= 4 is 55.9 Å². The van der Waals surface area contributed by atoms with Crippen LogP contribution in [-0.4, -0.2) is 70.4 Å². The van der Waals surface area contributed by atoms with Crippen molar-refractivity contribution in [3.63, 3.8) is 0 Å². The highest BCUT2D eigenvalue weighted by Gasteiger charge is 2.15. The van der Waals surface area contributed by atoms with Gasteiger partial charge < -0.3 is 25.8 Å². The molecule has 0 atom stereocenters. The summed E-state index contributed by atoms with van der Waals surface area (Å²) in [5, 5.41) is 4.56. The first-order chi connectivity index (χ1) is 17.1. The molecule has 4 aromatic rings. The van der Waals surface area contributed by atoms with Crippen molar-refractivity contribution in [1.82, 2.24) is 24.8 Å². The number of anilines is 2. The number of carbonyl (C=O) groups is 1. The summed E-state index contributed by atoms with van der Waals surface area (Å²) < 4.78 is 1.16. The largest absolute Gasteiger partial charge is 0.355 e. The Labute approximate surface area is 209 Å². The number of amides is 1. The number of rotatable bonds is 8. The Morgan fingerprint density at radius 3 is 2.77 bits per heavy atom. The Bertz CT molecular complexity index is 1290. The average Bonchev–Trinajstić information content (AvgIpc) is 3.55. The fourth-order valence-electron chi connectivity index (χ4n) is 4.14. The minimum absolute atomic E-state index is 0.654. The van der Waals surface area contributed by atoms with Crippen LogP contribution in [0.25, 0.3) is 26.8 Å². The molecule has 8 nitrogen and oxygen atoms in total. The molecule has 5 rings (SSSR count). The second kappa shape index (κ2) is 11.9. The molecule has 9 heteroatoms. The summed E-state index contributed by atoms with van der Waals surface area (Å²) in [5.74, 6) is 0. The molecule has 0 radical (unpaired) electrons. The van der Waals surface area contributed by atoms with E-state index in [2.05, 4.69) is 57.2 Å². The highest BCUT2D eigenvalue weighted by atomic mass is 32.1. The molecule has 1 aromatic carbocycles. The number of hydrogen-bond donors (Lipinski definition) is 3. The molecule has 4 N–H and O–H groups in total. The molecular formula is C26H33N7OS. The highest BCUT2D eigenvalue weighted by Crippen LogP contribution is 2.31. The van der Waals surface area contributed by atoms with E-state index in [9.17, 15) is 4.79 Å². The number of benzene rings is 1. The summed E-state index contributed by atoms with van der Waals surface area (Å²) in [6.07, 6.45) is 5.66. The van der Waals surface area contributed by atoms with Gasteiger partial charge in [-0.3, -0.25) is 4.79 Å². The number of hydrogen-bond acceptors (Lipinski definition) is 7. The predicted molar refractivity (Wildman–Crippen MR) is 146 cm³/mol. The normalized spacial score (nSPS) is 13.6. The first-order valence-electron chi connectivity index (χ1n) is 12.0. The van der Waals surface area contributed by atoms with E-state index >= 15 is 0 Å². The van der Waals surface area contributed by atoms with Crippen molar-refractivity contribution in [2.24, 2.45) is 5.73 Å². The maximum Gasteiger partial charge on any atom is 0.209 e. The molecule has 1 aliphatic rings. The van der Waals surface area contributed by atoms with Crippen molar-refractivity contribution in [2.75, 3.05) is 44.6 Å². The van der Waals surface area contributed by atoms with Crippen LogP contribution in [0.15, 0.2) is 48.1 Å². The Hall–Kier alpha value is -3.27.